The van der Waals surface area contributed by atoms with Crippen LogP contribution in [0.1, 0.15) is 31.2 Å². The molecule has 0 atom stereocenters. The van der Waals surface area contributed by atoms with Crippen molar-refractivity contribution in [1.82, 2.24) is 10.2 Å². The number of carbonyl (C=O) groups is 1. The number of amides is 1. The predicted octanol–water partition coefficient (Wildman–Crippen LogP) is 2.64. The van der Waals surface area contributed by atoms with E-state index in [1.165, 1.54) is 0 Å². The Morgan fingerprint density at radius 3 is 2.62 bits per heavy atom. The lowest BCUT2D eigenvalue weighted by Gasteiger charge is -2.11. The van der Waals surface area contributed by atoms with Crippen LogP contribution < -0.4 is 10.1 Å². The molecule has 0 radical (unpaired) electrons. The summed E-state index contributed by atoms with van der Waals surface area (Å²) in [5, 5.41) is 11.1. The van der Waals surface area contributed by atoms with Gasteiger partial charge in [0.05, 0.1) is 0 Å². The Morgan fingerprint density at radius 2 is 2.00 bits per heavy atom. The quantitative estimate of drug-likeness (QED) is 0.586. The first-order valence-corrected chi connectivity index (χ1v) is 9.04. The van der Waals surface area contributed by atoms with Gasteiger partial charge >= 0.3 is 0 Å². The Hall–Kier alpha value is -2.39. The number of nitrogens with zero attached hydrogens (tertiary/aromatic N) is 3. The van der Waals surface area contributed by atoms with E-state index in [0.29, 0.717) is 32.4 Å². The standard InChI is InChI=1S/C20H28N4O2/c1-4-5-12-20(22-23-20)13-14-21-19(25)11-8-17-6-9-18(10-7-17)26-16-15-24(2)3/h1,6-7,9-10H,5,8,11-16H2,2-3H3,(H,21,25). The monoisotopic (exact) mass is 356 g/mol. The highest BCUT2D eigenvalue weighted by Gasteiger charge is 2.38. The molecular formula is C20H28N4O2. The lowest BCUT2D eigenvalue weighted by Crippen LogP contribution is -2.28. The van der Waals surface area contributed by atoms with Gasteiger partial charge < -0.3 is 15.0 Å². The van der Waals surface area contributed by atoms with Gasteiger partial charge in [-0.1, -0.05) is 12.1 Å². The molecule has 0 spiro atoms. The van der Waals surface area contributed by atoms with Crippen LogP contribution in [0.25, 0.3) is 0 Å². The fraction of sp³-hybridized carbons (Fsp3) is 0.550. The first-order valence-electron chi connectivity index (χ1n) is 9.04. The third-order valence-electron chi connectivity index (χ3n) is 4.27. The van der Waals surface area contributed by atoms with Gasteiger partial charge in [-0.2, -0.15) is 10.2 Å². The number of likely N-dealkylation sites (N-methyl/N-ethyl adjacent to an activating group) is 1. The van der Waals surface area contributed by atoms with Crippen molar-refractivity contribution in [3.63, 3.8) is 0 Å². The maximum absolute atomic E-state index is 12.0. The van der Waals surface area contributed by atoms with Crippen molar-refractivity contribution in [2.24, 2.45) is 10.2 Å². The zero-order valence-corrected chi connectivity index (χ0v) is 15.7. The minimum atomic E-state index is -0.331. The summed E-state index contributed by atoms with van der Waals surface area (Å²) in [5.74, 6) is 3.50. The van der Waals surface area contributed by atoms with E-state index in [4.69, 9.17) is 11.2 Å². The number of nitrogens with one attached hydrogen (secondary N) is 1. The fourth-order valence-electron chi connectivity index (χ4n) is 2.51. The van der Waals surface area contributed by atoms with E-state index in [9.17, 15) is 4.79 Å². The van der Waals surface area contributed by atoms with Crippen LogP contribution in [0.4, 0.5) is 0 Å². The van der Waals surface area contributed by atoms with Crippen molar-refractivity contribution in [1.29, 1.82) is 0 Å². The number of ether oxygens (including phenoxy) is 1. The molecule has 0 unspecified atom stereocenters. The molecule has 2 rings (SSSR count). The van der Waals surface area contributed by atoms with E-state index in [2.05, 4.69) is 26.4 Å². The highest BCUT2D eigenvalue weighted by molar-refractivity contribution is 5.76. The van der Waals surface area contributed by atoms with E-state index in [1.807, 2.05) is 38.4 Å². The summed E-state index contributed by atoms with van der Waals surface area (Å²) in [5.41, 5.74) is 0.792. The van der Waals surface area contributed by atoms with Crippen LogP contribution in [0.15, 0.2) is 34.5 Å². The van der Waals surface area contributed by atoms with Gasteiger partial charge in [-0.25, -0.2) is 0 Å². The molecule has 1 N–H and O–H groups in total. The van der Waals surface area contributed by atoms with Crippen LogP contribution in [0.5, 0.6) is 5.75 Å². The van der Waals surface area contributed by atoms with Gasteiger partial charge in [-0.3, -0.25) is 4.79 Å². The highest BCUT2D eigenvalue weighted by Crippen LogP contribution is 2.35. The SMILES string of the molecule is C#CCCC1(CCNC(=O)CCc2ccc(OCCN(C)C)cc2)N=N1. The number of benzene rings is 1. The molecule has 140 valence electrons. The minimum absolute atomic E-state index is 0.0454. The van der Waals surface area contributed by atoms with Crippen molar-refractivity contribution in [3.05, 3.63) is 29.8 Å². The molecule has 1 heterocycles. The lowest BCUT2D eigenvalue weighted by molar-refractivity contribution is -0.121. The molecular weight excluding hydrogens is 328 g/mol. The Balaban J connectivity index is 1.61. The lowest BCUT2D eigenvalue weighted by atomic mass is 10.0. The normalized spacial score (nSPS) is 14.1. The third kappa shape index (κ3) is 7.24. The number of terminal acetylenes is 1. The van der Waals surface area contributed by atoms with Gasteiger partial charge in [0.1, 0.15) is 12.4 Å². The molecule has 1 aromatic rings. The Morgan fingerprint density at radius 1 is 1.27 bits per heavy atom. The molecule has 0 aromatic heterocycles. The second-order valence-electron chi connectivity index (χ2n) is 6.78. The molecule has 6 nitrogen and oxygen atoms in total. The van der Waals surface area contributed by atoms with Gasteiger partial charge in [-0.15, -0.1) is 12.3 Å². The molecule has 0 saturated heterocycles. The summed E-state index contributed by atoms with van der Waals surface area (Å²) in [6.07, 6.45) is 8.59. The number of hydrogen-bond acceptors (Lipinski definition) is 5. The number of rotatable bonds is 12. The smallest absolute Gasteiger partial charge is 0.220 e. The Bertz CT molecular complexity index is 641. The summed E-state index contributed by atoms with van der Waals surface area (Å²) >= 11 is 0. The number of aryl methyl sites for hydroxylation is 1. The van der Waals surface area contributed by atoms with Crippen LogP contribution in [-0.2, 0) is 11.2 Å². The molecule has 1 aromatic carbocycles. The van der Waals surface area contributed by atoms with Crippen LogP contribution in [-0.4, -0.2) is 50.3 Å². The predicted molar refractivity (Wildman–Crippen MR) is 102 cm³/mol. The zero-order valence-electron chi connectivity index (χ0n) is 15.7. The summed E-state index contributed by atoms with van der Waals surface area (Å²) in [6.45, 7) is 2.12. The number of hydrogen-bond donors (Lipinski definition) is 1. The van der Waals surface area contributed by atoms with Crippen molar-refractivity contribution < 1.29 is 9.53 Å². The molecule has 1 amide bonds. The van der Waals surface area contributed by atoms with Gasteiger partial charge in [0.25, 0.3) is 0 Å². The van der Waals surface area contributed by atoms with Crippen LogP contribution >= 0.6 is 0 Å². The van der Waals surface area contributed by atoms with Gasteiger partial charge in [0, 0.05) is 38.8 Å². The van der Waals surface area contributed by atoms with Gasteiger partial charge in [0.15, 0.2) is 5.66 Å². The zero-order chi connectivity index (χ0) is 18.8. The maximum Gasteiger partial charge on any atom is 0.220 e. The molecule has 1 aliphatic heterocycles. The summed E-state index contributed by atoms with van der Waals surface area (Å²) < 4.78 is 5.67. The largest absolute Gasteiger partial charge is 0.492 e. The Kier molecular flexibility index (Phi) is 7.61. The molecule has 0 aliphatic carbocycles. The minimum Gasteiger partial charge on any atom is -0.492 e. The van der Waals surface area contributed by atoms with Gasteiger partial charge in [-0.05, 0) is 38.2 Å². The first-order chi connectivity index (χ1) is 12.5. The summed E-state index contributed by atoms with van der Waals surface area (Å²) in [4.78, 5) is 14.1. The summed E-state index contributed by atoms with van der Waals surface area (Å²) in [6, 6.07) is 7.92. The second-order valence-corrected chi connectivity index (χ2v) is 6.78. The molecule has 26 heavy (non-hydrogen) atoms. The van der Waals surface area contributed by atoms with E-state index in [1.54, 1.807) is 0 Å². The van der Waals surface area contributed by atoms with E-state index in [0.717, 1.165) is 30.7 Å². The first kappa shape index (κ1) is 19.9. The molecule has 0 bridgehead atoms. The molecule has 6 heteroatoms. The molecule has 0 fully saturated rings. The van der Waals surface area contributed by atoms with Crippen molar-refractivity contribution >= 4 is 5.91 Å². The van der Waals surface area contributed by atoms with E-state index in [-0.39, 0.29) is 11.6 Å². The molecule has 0 saturated carbocycles. The van der Waals surface area contributed by atoms with Crippen LogP contribution in [0, 0.1) is 12.3 Å². The molecule has 1 aliphatic rings. The summed E-state index contributed by atoms with van der Waals surface area (Å²) in [7, 11) is 4.03. The Labute approximate surface area is 156 Å². The average Bonchev–Trinajstić information content (AvgIpc) is 3.39. The fourth-order valence-corrected chi connectivity index (χ4v) is 2.51. The van der Waals surface area contributed by atoms with Gasteiger partial charge in [0.2, 0.25) is 5.91 Å². The number of carbonyl (C=O) groups excluding carboxylic acids is 1. The topological polar surface area (TPSA) is 66.3 Å². The van der Waals surface area contributed by atoms with Crippen molar-refractivity contribution in [2.45, 2.75) is 37.8 Å². The maximum atomic E-state index is 12.0. The van der Waals surface area contributed by atoms with Crippen LogP contribution in [0.3, 0.4) is 0 Å². The third-order valence-corrected chi connectivity index (χ3v) is 4.27. The van der Waals surface area contributed by atoms with Crippen molar-refractivity contribution in [3.8, 4) is 18.1 Å². The second kappa shape index (κ2) is 9.93. The average molecular weight is 356 g/mol. The van der Waals surface area contributed by atoms with E-state index < -0.39 is 0 Å². The van der Waals surface area contributed by atoms with Crippen LogP contribution in [0.2, 0.25) is 0 Å². The van der Waals surface area contributed by atoms with E-state index >= 15 is 0 Å². The van der Waals surface area contributed by atoms with Crippen molar-refractivity contribution in [2.75, 3.05) is 33.8 Å². The highest BCUT2D eigenvalue weighted by atomic mass is 16.5.